The minimum Gasteiger partial charge on any atom is -0.484 e. The van der Waals surface area contributed by atoms with Gasteiger partial charge in [-0.05, 0) is 49.4 Å². The highest BCUT2D eigenvalue weighted by Gasteiger charge is 2.26. The number of benzene rings is 2. The maximum absolute atomic E-state index is 13.0. The van der Waals surface area contributed by atoms with Gasteiger partial charge in [0.2, 0.25) is 5.91 Å². The number of hydrogen-bond acceptors (Lipinski definition) is 3. The lowest BCUT2D eigenvalue weighted by Crippen LogP contribution is -2.49. The summed E-state index contributed by atoms with van der Waals surface area (Å²) in [4.78, 5) is 27.0. The molecule has 0 heterocycles. The first-order chi connectivity index (χ1) is 14.1. The lowest BCUT2D eigenvalue weighted by Gasteiger charge is -2.28. The molecule has 0 aromatic heterocycles. The Hall–Kier alpha value is -2.82. The molecule has 0 unspecified atom stereocenters. The lowest BCUT2D eigenvalue weighted by molar-refractivity contribution is -0.142. The normalized spacial score (nSPS) is 12.2. The van der Waals surface area contributed by atoms with Gasteiger partial charge < -0.3 is 15.0 Å². The average Bonchev–Trinajstić information content (AvgIpc) is 2.69. The van der Waals surface area contributed by atoms with E-state index in [4.69, 9.17) is 4.74 Å². The minimum absolute atomic E-state index is 0.0566. The van der Waals surface area contributed by atoms with Crippen molar-refractivity contribution in [3.05, 3.63) is 65.2 Å². The van der Waals surface area contributed by atoms with Crippen LogP contribution in [0.4, 0.5) is 0 Å². The van der Waals surface area contributed by atoms with Gasteiger partial charge in [-0.2, -0.15) is 0 Å². The molecule has 2 amide bonds. The summed E-state index contributed by atoms with van der Waals surface area (Å²) in [6.45, 7) is 12.8. The SMILES string of the molecule is CCNC(=O)[C@@H](C)N(Cc1cccc(C)c1)C(=O)COc1ccc(C(C)(C)C)cc1. The molecule has 0 radical (unpaired) electrons. The fourth-order valence-electron chi connectivity index (χ4n) is 3.19. The lowest BCUT2D eigenvalue weighted by atomic mass is 9.87. The number of nitrogens with zero attached hydrogens (tertiary/aromatic N) is 1. The molecule has 0 bridgehead atoms. The van der Waals surface area contributed by atoms with Gasteiger partial charge >= 0.3 is 0 Å². The third-order valence-corrected chi connectivity index (χ3v) is 5.04. The second kappa shape index (κ2) is 10.3. The number of amides is 2. The molecule has 0 aliphatic heterocycles. The topological polar surface area (TPSA) is 58.6 Å². The van der Waals surface area contributed by atoms with Crippen LogP contribution in [-0.2, 0) is 21.5 Å². The van der Waals surface area contributed by atoms with E-state index in [0.717, 1.165) is 11.1 Å². The van der Waals surface area contributed by atoms with Gasteiger partial charge in [0.25, 0.3) is 5.91 Å². The molecule has 0 saturated carbocycles. The fourth-order valence-corrected chi connectivity index (χ4v) is 3.19. The van der Waals surface area contributed by atoms with E-state index in [9.17, 15) is 9.59 Å². The summed E-state index contributed by atoms with van der Waals surface area (Å²) in [6.07, 6.45) is 0. The summed E-state index contributed by atoms with van der Waals surface area (Å²) in [7, 11) is 0. The average molecular weight is 411 g/mol. The number of carbonyl (C=O) groups excluding carboxylic acids is 2. The highest BCUT2D eigenvalue weighted by Crippen LogP contribution is 2.24. The van der Waals surface area contributed by atoms with Crippen LogP contribution in [0.2, 0.25) is 0 Å². The Kier molecular flexibility index (Phi) is 8.04. The van der Waals surface area contributed by atoms with Crippen molar-refractivity contribution in [3.63, 3.8) is 0 Å². The Balaban J connectivity index is 2.12. The molecule has 1 atom stereocenters. The van der Waals surface area contributed by atoms with E-state index in [1.165, 1.54) is 5.56 Å². The van der Waals surface area contributed by atoms with Gasteiger partial charge in [-0.15, -0.1) is 0 Å². The van der Waals surface area contributed by atoms with Crippen molar-refractivity contribution in [2.75, 3.05) is 13.2 Å². The van der Waals surface area contributed by atoms with E-state index in [-0.39, 0.29) is 23.8 Å². The van der Waals surface area contributed by atoms with Crippen LogP contribution in [0.3, 0.4) is 0 Å². The number of ether oxygens (including phenoxy) is 1. The molecule has 2 aromatic carbocycles. The molecule has 0 saturated heterocycles. The predicted molar refractivity (Wildman–Crippen MR) is 121 cm³/mol. The van der Waals surface area contributed by atoms with Crippen LogP contribution in [0.1, 0.15) is 51.3 Å². The number of carbonyl (C=O) groups is 2. The number of nitrogens with one attached hydrogen (secondary N) is 1. The van der Waals surface area contributed by atoms with Crippen LogP contribution in [0.25, 0.3) is 0 Å². The second-order valence-electron chi connectivity index (χ2n) is 8.64. The van der Waals surface area contributed by atoms with Crippen molar-refractivity contribution in [1.29, 1.82) is 0 Å². The van der Waals surface area contributed by atoms with Crippen LogP contribution in [0.15, 0.2) is 48.5 Å². The monoisotopic (exact) mass is 410 g/mol. The maximum atomic E-state index is 13.0. The van der Waals surface area contributed by atoms with Gasteiger partial charge in [0, 0.05) is 13.1 Å². The molecular formula is C25H34N2O3. The van der Waals surface area contributed by atoms with E-state index in [2.05, 4.69) is 26.1 Å². The van der Waals surface area contributed by atoms with Gasteiger partial charge in [-0.1, -0.05) is 62.7 Å². The van der Waals surface area contributed by atoms with Gasteiger partial charge in [0.15, 0.2) is 6.61 Å². The van der Waals surface area contributed by atoms with E-state index < -0.39 is 6.04 Å². The highest BCUT2D eigenvalue weighted by molar-refractivity contribution is 5.87. The quantitative estimate of drug-likeness (QED) is 0.709. The molecule has 5 nitrogen and oxygen atoms in total. The summed E-state index contributed by atoms with van der Waals surface area (Å²) >= 11 is 0. The molecule has 0 aliphatic rings. The molecule has 2 rings (SSSR count). The molecular weight excluding hydrogens is 376 g/mol. The molecule has 30 heavy (non-hydrogen) atoms. The number of rotatable bonds is 8. The first kappa shape index (κ1) is 23.5. The standard InChI is InChI=1S/C25H34N2O3/c1-7-26-24(29)19(3)27(16-20-10-8-9-18(2)15-20)23(28)17-30-22-13-11-21(12-14-22)25(4,5)6/h8-15,19H,7,16-17H2,1-6H3,(H,26,29)/t19-/m1/s1. The zero-order chi connectivity index (χ0) is 22.3. The molecule has 162 valence electrons. The third kappa shape index (κ3) is 6.61. The smallest absolute Gasteiger partial charge is 0.261 e. The van der Waals surface area contributed by atoms with Crippen LogP contribution in [0, 0.1) is 6.92 Å². The molecule has 0 fully saturated rings. The van der Waals surface area contributed by atoms with Gasteiger partial charge in [0.05, 0.1) is 0 Å². The van der Waals surface area contributed by atoms with Crippen molar-refractivity contribution in [3.8, 4) is 5.75 Å². The molecule has 1 N–H and O–H groups in total. The first-order valence-corrected chi connectivity index (χ1v) is 10.5. The summed E-state index contributed by atoms with van der Waals surface area (Å²) < 4.78 is 5.74. The molecule has 0 spiro atoms. The maximum Gasteiger partial charge on any atom is 0.261 e. The molecule has 5 heteroatoms. The Morgan fingerprint density at radius 2 is 1.77 bits per heavy atom. The summed E-state index contributed by atoms with van der Waals surface area (Å²) in [5.41, 5.74) is 3.35. The molecule has 2 aromatic rings. The number of aryl methyl sites for hydroxylation is 1. The number of hydrogen-bond donors (Lipinski definition) is 1. The predicted octanol–water partition coefficient (Wildman–Crippen LogP) is 4.22. The van der Waals surface area contributed by atoms with E-state index in [0.29, 0.717) is 18.8 Å². The van der Waals surface area contributed by atoms with Crippen LogP contribution in [-0.4, -0.2) is 35.9 Å². The summed E-state index contributed by atoms with van der Waals surface area (Å²) in [5, 5.41) is 2.80. The Morgan fingerprint density at radius 1 is 1.10 bits per heavy atom. The Bertz CT molecular complexity index is 853. The highest BCUT2D eigenvalue weighted by atomic mass is 16.5. The van der Waals surface area contributed by atoms with Crippen molar-refractivity contribution in [1.82, 2.24) is 10.2 Å². The first-order valence-electron chi connectivity index (χ1n) is 10.5. The van der Waals surface area contributed by atoms with Crippen molar-refractivity contribution in [2.45, 2.75) is 59.5 Å². The summed E-state index contributed by atoms with van der Waals surface area (Å²) in [6, 6.07) is 15.1. The minimum atomic E-state index is -0.593. The Morgan fingerprint density at radius 3 is 2.33 bits per heavy atom. The van der Waals surface area contributed by atoms with E-state index in [1.807, 2.05) is 62.4 Å². The fraction of sp³-hybridized carbons (Fsp3) is 0.440. The van der Waals surface area contributed by atoms with Crippen molar-refractivity contribution < 1.29 is 14.3 Å². The third-order valence-electron chi connectivity index (χ3n) is 5.04. The molecule has 0 aliphatic carbocycles. The second-order valence-corrected chi connectivity index (χ2v) is 8.64. The van der Waals surface area contributed by atoms with Crippen LogP contribution in [0.5, 0.6) is 5.75 Å². The number of likely N-dealkylation sites (N-methyl/N-ethyl adjacent to an activating group) is 1. The van der Waals surface area contributed by atoms with E-state index in [1.54, 1.807) is 11.8 Å². The van der Waals surface area contributed by atoms with Gasteiger partial charge in [-0.3, -0.25) is 9.59 Å². The van der Waals surface area contributed by atoms with Crippen LogP contribution < -0.4 is 10.1 Å². The van der Waals surface area contributed by atoms with Crippen molar-refractivity contribution >= 4 is 11.8 Å². The van der Waals surface area contributed by atoms with Gasteiger partial charge in [0.1, 0.15) is 11.8 Å². The van der Waals surface area contributed by atoms with Gasteiger partial charge in [-0.25, -0.2) is 0 Å². The largest absolute Gasteiger partial charge is 0.484 e. The zero-order valence-electron chi connectivity index (χ0n) is 19.0. The van der Waals surface area contributed by atoms with Crippen molar-refractivity contribution in [2.24, 2.45) is 0 Å². The summed E-state index contributed by atoms with van der Waals surface area (Å²) in [5.74, 6) is 0.237. The van der Waals surface area contributed by atoms with Crippen LogP contribution >= 0.6 is 0 Å². The van der Waals surface area contributed by atoms with E-state index >= 15 is 0 Å². The Labute approximate surface area is 180 Å². The zero-order valence-corrected chi connectivity index (χ0v) is 19.0.